The molecule has 0 spiro atoms. The zero-order chi connectivity index (χ0) is 16.2. The van der Waals surface area contributed by atoms with Crippen LogP contribution in [0, 0.1) is 6.92 Å². The van der Waals surface area contributed by atoms with Crippen LogP contribution < -0.4 is 5.32 Å². The zero-order valence-corrected chi connectivity index (χ0v) is 13.1. The quantitative estimate of drug-likeness (QED) is 0.725. The molecular formula is C16H14ClN3O3. The van der Waals surface area contributed by atoms with E-state index in [0.29, 0.717) is 29.6 Å². The van der Waals surface area contributed by atoms with Gasteiger partial charge in [-0.1, -0.05) is 17.3 Å². The fourth-order valence-corrected chi connectivity index (χ4v) is 2.16. The number of hydrogen-bond donors (Lipinski definition) is 1. The maximum atomic E-state index is 12.1. The average molecular weight is 332 g/mol. The minimum atomic E-state index is -0.180. The Morgan fingerprint density at radius 1 is 1.22 bits per heavy atom. The third-order valence-corrected chi connectivity index (χ3v) is 3.44. The highest BCUT2D eigenvalue weighted by molar-refractivity contribution is 6.16. The number of hydrogen-bond acceptors (Lipinski definition) is 5. The summed E-state index contributed by atoms with van der Waals surface area (Å²) in [6, 6.07) is 10.6. The molecule has 118 valence electrons. The minimum Gasteiger partial charge on any atom is -0.465 e. The van der Waals surface area contributed by atoms with E-state index in [1.165, 1.54) is 0 Å². The molecule has 0 aliphatic carbocycles. The van der Waals surface area contributed by atoms with E-state index >= 15 is 0 Å². The Balaban J connectivity index is 1.65. The van der Waals surface area contributed by atoms with Gasteiger partial charge in [0.25, 0.3) is 5.91 Å². The molecule has 0 bridgehead atoms. The van der Waals surface area contributed by atoms with Crippen molar-refractivity contribution in [3.05, 3.63) is 59.4 Å². The number of nitrogens with zero attached hydrogens (tertiary/aromatic N) is 2. The summed E-state index contributed by atoms with van der Waals surface area (Å²) in [7, 11) is 0. The zero-order valence-electron chi connectivity index (χ0n) is 12.4. The molecule has 23 heavy (non-hydrogen) atoms. The third kappa shape index (κ3) is 3.60. The summed E-state index contributed by atoms with van der Waals surface area (Å²) < 4.78 is 10.4. The van der Waals surface area contributed by atoms with Gasteiger partial charge < -0.3 is 14.3 Å². The SMILES string of the molecule is Cc1ccc(CNC(=O)c2ccc(-c3noc(CCl)n3)cc2)o1. The molecule has 1 amide bonds. The number of halogens is 1. The van der Waals surface area contributed by atoms with E-state index in [2.05, 4.69) is 15.5 Å². The minimum absolute atomic E-state index is 0.166. The second-order valence-corrected chi connectivity index (χ2v) is 5.19. The summed E-state index contributed by atoms with van der Waals surface area (Å²) in [6.45, 7) is 2.20. The number of benzene rings is 1. The van der Waals surface area contributed by atoms with Gasteiger partial charge >= 0.3 is 0 Å². The van der Waals surface area contributed by atoms with E-state index in [1.807, 2.05) is 19.1 Å². The molecule has 0 atom stereocenters. The van der Waals surface area contributed by atoms with Crippen LogP contribution in [0.2, 0.25) is 0 Å². The molecule has 1 N–H and O–H groups in total. The lowest BCUT2D eigenvalue weighted by Crippen LogP contribution is -2.22. The van der Waals surface area contributed by atoms with Crippen molar-refractivity contribution in [3.63, 3.8) is 0 Å². The normalized spacial score (nSPS) is 10.7. The second-order valence-electron chi connectivity index (χ2n) is 4.92. The predicted molar refractivity (Wildman–Crippen MR) is 83.9 cm³/mol. The van der Waals surface area contributed by atoms with Gasteiger partial charge in [0.2, 0.25) is 11.7 Å². The van der Waals surface area contributed by atoms with Crippen molar-refractivity contribution in [2.24, 2.45) is 0 Å². The van der Waals surface area contributed by atoms with Gasteiger partial charge in [-0.3, -0.25) is 4.79 Å². The lowest BCUT2D eigenvalue weighted by molar-refractivity contribution is 0.0948. The number of amides is 1. The largest absolute Gasteiger partial charge is 0.465 e. The van der Waals surface area contributed by atoms with E-state index < -0.39 is 0 Å². The summed E-state index contributed by atoms with van der Waals surface area (Å²) in [6.07, 6.45) is 0. The Hall–Kier alpha value is -2.60. The first-order chi connectivity index (χ1) is 11.2. The molecular weight excluding hydrogens is 318 g/mol. The van der Waals surface area contributed by atoms with Crippen LogP contribution >= 0.6 is 11.6 Å². The van der Waals surface area contributed by atoms with Crippen LogP contribution in [0.15, 0.2) is 45.3 Å². The van der Waals surface area contributed by atoms with Crippen LogP contribution in [-0.4, -0.2) is 16.0 Å². The third-order valence-electron chi connectivity index (χ3n) is 3.21. The molecule has 6 nitrogen and oxygen atoms in total. The van der Waals surface area contributed by atoms with Gasteiger partial charge in [0, 0.05) is 11.1 Å². The maximum Gasteiger partial charge on any atom is 0.251 e. The van der Waals surface area contributed by atoms with E-state index in [0.717, 1.165) is 11.3 Å². The Bertz CT molecular complexity index is 808. The molecule has 2 aromatic heterocycles. The monoisotopic (exact) mass is 331 g/mol. The highest BCUT2D eigenvalue weighted by atomic mass is 35.5. The lowest BCUT2D eigenvalue weighted by atomic mass is 10.1. The van der Waals surface area contributed by atoms with E-state index in [-0.39, 0.29) is 11.8 Å². The number of aryl methyl sites for hydroxylation is 1. The van der Waals surface area contributed by atoms with Crippen LogP contribution in [0.25, 0.3) is 11.4 Å². The van der Waals surface area contributed by atoms with Crippen molar-refractivity contribution >= 4 is 17.5 Å². The number of alkyl halides is 1. The first-order valence-corrected chi connectivity index (χ1v) is 7.51. The highest BCUT2D eigenvalue weighted by Crippen LogP contribution is 2.17. The summed E-state index contributed by atoms with van der Waals surface area (Å²) >= 11 is 5.62. The summed E-state index contributed by atoms with van der Waals surface area (Å²) in [5, 5.41) is 6.63. The maximum absolute atomic E-state index is 12.1. The number of rotatable bonds is 5. The topological polar surface area (TPSA) is 81.2 Å². The van der Waals surface area contributed by atoms with Gasteiger partial charge in [0.05, 0.1) is 6.54 Å². The standard InChI is InChI=1S/C16H14ClN3O3/c1-10-2-7-13(22-10)9-18-16(21)12-5-3-11(4-6-12)15-19-14(8-17)23-20-15/h2-7H,8-9H2,1H3,(H,18,21). The molecule has 0 fully saturated rings. The fraction of sp³-hybridized carbons (Fsp3) is 0.188. The number of nitrogens with one attached hydrogen (secondary N) is 1. The van der Waals surface area contributed by atoms with Crippen molar-refractivity contribution in [1.29, 1.82) is 0 Å². The van der Waals surface area contributed by atoms with E-state index in [1.54, 1.807) is 24.3 Å². The Morgan fingerprint density at radius 2 is 2.00 bits per heavy atom. The van der Waals surface area contributed by atoms with Gasteiger partial charge in [-0.25, -0.2) is 0 Å². The first kappa shape index (κ1) is 15.3. The van der Waals surface area contributed by atoms with Gasteiger partial charge in [-0.05, 0) is 31.2 Å². The van der Waals surface area contributed by atoms with Gasteiger partial charge in [0.15, 0.2) is 0 Å². The summed E-state index contributed by atoms with van der Waals surface area (Å²) in [5.74, 6) is 2.32. The summed E-state index contributed by atoms with van der Waals surface area (Å²) in [4.78, 5) is 16.2. The van der Waals surface area contributed by atoms with Crippen molar-refractivity contribution in [2.75, 3.05) is 0 Å². The molecule has 0 saturated carbocycles. The molecule has 0 unspecified atom stereocenters. The fourth-order valence-electron chi connectivity index (χ4n) is 2.05. The lowest BCUT2D eigenvalue weighted by Gasteiger charge is -2.04. The van der Waals surface area contributed by atoms with E-state index in [4.69, 9.17) is 20.5 Å². The molecule has 3 aromatic rings. The van der Waals surface area contributed by atoms with Gasteiger partial charge in [0.1, 0.15) is 17.4 Å². The average Bonchev–Trinajstić information content (AvgIpc) is 3.21. The summed E-state index contributed by atoms with van der Waals surface area (Å²) in [5.41, 5.74) is 1.29. The van der Waals surface area contributed by atoms with Crippen molar-refractivity contribution < 1.29 is 13.7 Å². The molecule has 0 saturated heterocycles. The van der Waals surface area contributed by atoms with Crippen molar-refractivity contribution in [2.45, 2.75) is 19.3 Å². The molecule has 0 aliphatic rings. The number of aromatic nitrogens is 2. The molecule has 1 aromatic carbocycles. The molecule has 0 radical (unpaired) electrons. The number of furan rings is 1. The van der Waals surface area contributed by atoms with Crippen LogP contribution in [0.3, 0.4) is 0 Å². The van der Waals surface area contributed by atoms with Crippen LogP contribution in [0.4, 0.5) is 0 Å². The van der Waals surface area contributed by atoms with Gasteiger partial charge in [-0.2, -0.15) is 4.98 Å². The molecule has 2 heterocycles. The highest BCUT2D eigenvalue weighted by Gasteiger charge is 2.10. The molecule has 0 aliphatic heterocycles. The van der Waals surface area contributed by atoms with Crippen molar-refractivity contribution in [1.82, 2.24) is 15.5 Å². The van der Waals surface area contributed by atoms with Crippen LogP contribution in [-0.2, 0) is 12.4 Å². The molecule has 7 heteroatoms. The Kier molecular flexibility index (Phi) is 4.43. The number of carbonyl (C=O) groups is 1. The van der Waals surface area contributed by atoms with Crippen LogP contribution in [0.5, 0.6) is 0 Å². The predicted octanol–water partition coefficient (Wildman–Crippen LogP) is 3.31. The Labute approximate surface area is 137 Å². The van der Waals surface area contributed by atoms with Crippen LogP contribution in [0.1, 0.15) is 27.8 Å². The second kappa shape index (κ2) is 6.66. The first-order valence-electron chi connectivity index (χ1n) is 6.98. The smallest absolute Gasteiger partial charge is 0.251 e. The van der Waals surface area contributed by atoms with Gasteiger partial charge in [-0.15, -0.1) is 11.6 Å². The number of carbonyl (C=O) groups excluding carboxylic acids is 1. The van der Waals surface area contributed by atoms with Crippen molar-refractivity contribution in [3.8, 4) is 11.4 Å². The Morgan fingerprint density at radius 3 is 2.61 bits per heavy atom. The molecule has 3 rings (SSSR count). The van der Waals surface area contributed by atoms with E-state index in [9.17, 15) is 4.79 Å².